The zero-order chi connectivity index (χ0) is 21.3. The largest absolute Gasteiger partial charge is 0.279 e. The smallest absolute Gasteiger partial charge is 0.261 e. The van der Waals surface area contributed by atoms with Gasteiger partial charge in [-0.05, 0) is 47.4 Å². The van der Waals surface area contributed by atoms with Crippen molar-refractivity contribution in [1.29, 1.82) is 0 Å². The third-order valence-electron chi connectivity index (χ3n) is 4.76. The molecule has 7 heteroatoms. The number of hydrogen-bond donors (Lipinski definition) is 0. The fourth-order valence-corrected chi connectivity index (χ4v) is 4.74. The highest BCUT2D eigenvalue weighted by molar-refractivity contribution is 7.22. The molecule has 0 fully saturated rings. The van der Waals surface area contributed by atoms with Crippen molar-refractivity contribution >= 4 is 55.8 Å². The number of amides is 1. The Kier molecular flexibility index (Phi) is 6.04. The van der Waals surface area contributed by atoms with Crippen LogP contribution in [-0.2, 0) is 6.54 Å². The van der Waals surface area contributed by atoms with Crippen molar-refractivity contribution in [3.8, 4) is 0 Å². The first-order valence-corrected chi connectivity index (χ1v) is 11.1. The molecule has 30 heavy (non-hydrogen) atoms. The van der Waals surface area contributed by atoms with Gasteiger partial charge in [-0.1, -0.05) is 66.6 Å². The van der Waals surface area contributed by atoms with E-state index in [4.69, 9.17) is 28.2 Å². The molecule has 4 rings (SSSR count). The summed E-state index contributed by atoms with van der Waals surface area (Å²) in [5.74, 6) is 0.0995. The number of pyridine rings is 1. The van der Waals surface area contributed by atoms with E-state index < -0.39 is 0 Å². The van der Waals surface area contributed by atoms with Crippen molar-refractivity contribution in [3.63, 3.8) is 0 Å². The molecule has 0 aliphatic carbocycles. The standard InChI is InChI=1S/C23H19Cl2N3OS/c1-14(2)17-6-3-7-20-21(17)27-23(30-20)28(13-15-5-4-10-26-12-15)22(29)18-9-8-16(24)11-19(18)25/h3-12,14H,13H2,1-2H3. The fourth-order valence-electron chi connectivity index (χ4n) is 3.25. The van der Waals surface area contributed by atoms with Gasteiger partial charge in [0.15, 0.2) is 5.13 Å². The Morgan fingerprint density at radius 3 is 2.67 bits per heavy atom. The molecule has 0 aliphatic heterocycles. The molecular formula is C23H19Cl2N3OS. The van der Waals surface area contributed by atoms with Gasteiger partial charge in [0.05, 0.1) is 27.3 Å². The van der Waals surface area contributed by atoms with Crippen LogP contribution >= 0.6 is 34.5 Å². The van der Waals surface area contributed by atoms with Gasteiger partial charge in [0.2, 0.25) is 0 Å². The summed E-state index contributed by atoms with van der Waals surface area (Å²) in [6.07, 6.45) is 3.45. The molecule has 0 unspecified atom stereocenters. The molecular weight excluding hydrogens is 437 g/mol. The van der Waals surface area contributed by atoms with Crippen molar-refractivity contribution < 1.29 is 4.79 Å². The molecule has 2 aromatic heterocycles. The lowest BCUT2D eigenvalue weighted by molar-refractivity contribution is 0.0985. The van der Waals surface area contributed by atoms with Crippen LogP contribution in [0.15, 0.2) is 60.9 Å². The number of aromatic nitrogens is 2. The summed E-state index contributed by atoms with van der Waals surface area (Å²) in [6.45, 7) is 4.61. The average molecular weight is 456 g/mol. The zero-order valence-electron chi connectivity index (χ0n) is 16.5. The SMILES string of the molecule is CC(C)c1cccc2sc(N(Cc3cccnc3)C(=O)c3ccc(Cl)cc3Cl)nc12. The van der Waals surface area contributed by atoms with Gasteiger partial charge in [0, 0.05) is 17.4 Å². The lowest BCUT2D eigenvalue weighted by Gasteiger charge is -2.20. The molecule has 0 radical (unpaired) electrons. The molecule has 0 N–H and O–H groups in total. The van der Waals surface area contributed by atoms with Gasteiger partial charge in [-0.3, -0.25) is 14.7 Å². The van der Waals surface area contributed by atoms with Crippen LogP contribution in [0.25, 0.3) is 10.2 Å². The Bertz CT molecular complexity index is 1210. The topological polar surface area (TPSA) is 46.1 Å². The number of halogens is 2. The second-order valence-corrected chi connectivity index (χ2v) is 9.07. The molecule has 0 bridgehead atoms. The number of rotatable bonds is 5. The molecule has 4 aromatic rings. The number of benzene rings is 2. The van der Waals surface area contributed by atoms with Crippen molar-refractivity contribution in [2.75, 3.05) is 4.90 Å². The lowest BCUT2D eigenvalue weighted by atomic mass is 10.0. The first kappa shape index (κ1) is 20.8. The van der Waals surface area contributed by atoms with Gasteiger partial charge >= 0.3 is 0 Å². The molecule has 0 spiro atoms. The molecule has 2 heterocycles. The maximum atomic E-state index is 13.5. The minimum absolute atomic E-state index is 0.231. The van der Waals surface area contributed by atoms with E-state index in [0.717, 1.165) is 21.3 Å². The van der Waals surface area contributed by atoms with Crippen molar-refractivity contribution in [3.05, 3.63) is 87.7 Å². The Morgan fingerprint density at radius 1 is 1.13 bits per heavy atom. The Balaban J connectivity index is 1.82. The first-order chi connectivity index (χ1) is 14.4. The van der Waals surface area contributed by atoms with E-state index in [1.807, 2.05) is 24.3 Å². The second kappa shape index (κ2) is 8.72. The second-order valence-electron chi connectivity index (χ2n) is 7.22. The Morgan fingerprint density at radius 2 is 1.97 bits per heavy atom. The monoisotopic (exact) mass is 455 g/mol. The summed E-state index contributed by atoms with van der Waals surface area (Å²) in [5.41, 5.74) is 3.37. The number of hydrogen-bond acceptors (Lipinski definition) is 4. The third-order valence-corrected chi connectivity index (χ3v) is 6.35. The number of thiazole rings is 1. The van der Waals surface area contributed by atoms with Crippen LogP contribution < -0.4 is 4.90 Å². The fraction of sp³-hybridized carbons (Fsp3) is 0.174. The molecule has 1 amide bonds. The van der Waals surface area contributed by atoms with E-state index in [1.54, 1.807) is 35.5 Å². The van der Waals surface area contributed by atoms with Gasteiger partial charge in [-0.2, -0.15) is 0 Å². The van der Waals surface area contributed by atoms with Crippen LogP contribution in [-0.4, -0.2) is 15.9 Å². The third kappa shape index (κ3) is 4.19. The summed E-state index contributed by atoms with van der Waals surface area (Å²) in [5, 5.41) is 1.42. The highest BCUT2D eigenvalue weighted by atomic mass is 35.5. The van der Waals surface area contributed by atoms with Gasteiger partial charge in [0.25, 0.3) is 5.91 Å². The number of carbonyl (C=O) groups excluding carboxylic acids is 1. The predicted molar refractivity (Wildman–Crippen MR) is 125 cm³/mol. The van der Waals surface area contributed by atoms with Crippen LogP contribution in [0.1, 0.15) is 41.3 Å². The van der Waals surface area contributed by atoms with Gasteiger partial charge in [-0.25, -0.2) is 4.98 Å². The normalized spacial score (nSPS) is 11.2. The van der Waals surface area contributed by atoms with Crippen molar-refractivity contribution in [2.24, 2.45) is 0 Å². The van der Waals surface area contributed by atoms with Crippen LogP contribution in [0.5, 0.6) is 0 Å². The summed E-state index contributed by atoms with van der Waals surface area (Å²) in [6, 6.07) is 14.8. The number of carbonyl (C=O) groups is 1. The summed E-state index contributed by atoms with van der Waals surface area (Å²) < 4.78 is 1.04. The van der Waals surface area contributed by atoms with Crippen LogP contribution in [0.2, 0.25) is 10.0 Å². The maximum absolute atomic E-state index is 13.5. The van der Waals surface area contributed by atoms with Gasteiger partial charge in [-0.15, -0.1) is 0 Å². The van der Waals surface area contributed by atoms with Crippen LogP contribution in [0.4, 0.5) is 5.13 Å². The lowest BCUT2D eigenvalue weighted by Crippen LogP contribution is -2.30. The van der Waals surface area contributed by atoms with Gasteiger partial charge < -0.3 is 0 Å². The molecule has 4 nitrogen and oxygen atoms in total. The number of fused-ring (bicyclic) bond motifs is 1. The minimum Gasteiger partial charge on any atom is -0.279 e. The van der Waals surface area contributed by atoms with Crippen LogP contribution in [0, 0.1) is 0 Å². The number of para-hydroxylation sites is 1. The van der Waals surface area contributed by atoms with E-state index in [2.05, 4.69) is 24.9 Å². The highest BCUT2D eigenvalue weighted by Crippen LogP contribution is 2.35. The van der Waals surface area contributed by atoms with Crippen molar-refractivity contribution in [1.82, 2.24) is 9.97 Å². The zero-order valence-corrected chi connectivity index (χ0v) is 18.8. The summed E-state index contributed by atoms with van der Waals surface area (Å²) >= 11 is 13.9. The first-order valence-electron chi connectivity index (χ1n) is 9.49. The molecule has 2 aromatic carbocycles. The summed E-state index contributed by atoms with van der Waals surface area (Å²) in [7, 11) is 0. The van der Waals surface area contributed by atoms with Crippen LogP contribution in [0.3, 0.4) is 0 Å². The van der Waals surface area contributed by atoms with Crippen molar-refractivity contribution in [2.45, 2.75) is 26.3 Å². The summed E-state index contributed by atoms with van der Waals surface area (Å²) in [4.78, 5) is 24.2. The Labute approximate surface area is 189 Å². The number of anilines is 1. The van der Waals surface area contributed by atoms with Gasteiger partial charge in [0.1, 0.15) is 0 Å². The highest BCUT2D eigenvalue weighted by Gasteiger charge is 2.24. The quantitative estimate of drug-likeness (QED) is 0.326. The molecule has 0 aliphatic rings. The van der Waals surface area contributed by atoms with E-state index in [-0.39, 0.29) is 5.91 Å². The van der Waals surface area contributed by atoms with E-state index in [0.29, 0.717) is 33.2 Å². The molecule has 152 valence electrons. The van der Waals surface area contributed by atoms with E-state index in [9.17, 15) is 4.79 Å². The molecule has 0 saturated heterocycles. The molecule has 0 atom stereocenters. The predicted octanol–water partition coefficient (Wildman–Crippen LogP) is 6.97. The molecule has 0 saturated carbocycles. The Hall–Kier alpha value is -2.47. The van der Waals surface area contributed by atoms with E-state index in [1.165, 1.54) is 11.3 Å². The van der Waals surface area contributed by atoms with E-state index >= 15 is 0 Å². The minimum atomic E-state index is -0.231. The maximum Gasteiger partial charge on any atom is 0.261 e. The number of nitrogens with zero attached hydrogens (tertiary/aromatic N) is 3. The average Bonchev–Trinajstić information content (AvgIpc) is 3.16.